The average molecular weight is 237 g/mol. The van der Waals surface area contributed by atoms with Crippen LogP contribution in [0.4, 0.5) is 0 Å². The molecule has 1 atom stereocenters. The molecule has 0 spiro atoms. The van der Waals surface area contributed by atoms with Crippen molar-refractivity contribution >= 4 is 0 Å². The van der Waals surface area contributed by atoms with E-state index in [0.29, 0.717) is 11.5 Å². The molecule has 0 amide bonds. The standard InChI is InChI=1S/C13H19NO3/c1-4-5-6-10(14)13-11(16-2)7-9(15)8-12(13)17-3/h4,7-8,10,15H,1,5-6,14H2,2-3H3/t10-/m1/s1. The van der Waals surface area contributed by atoms with Crippen molar-refractivity contribution in [2.45, 2.75) is 18.9 Å². The monoisotopic (exact) mass is 237 g/mol. The van der Waals surface area contributed by atoms with Gasteiger partial charge >= 0.3 is 0 Å². The van der Waals surface area contributed by atoms with E-state index >= 15 is 0 Å². The summed E-state index contributed by atoms with van der Waals surface area (Å²) < 4.78 is 10.4. The van der Waals surface area contributed by atoms with Crippen LogP contribution in [-0.4, -0.2) is 19.3 Å². The molecule has 0 aliphatic rings. The summed E-state index contributed by atoms with van der Waals surface area (Å²) in [7, 11) is 3.08. The van der Waals surface area contributed by atoms with Crippen LogP contribution in [0.15, 0.2) is 24.8 Å². The minimum Gasteiger partial charge on any atom is -0.508 e. The number of rotatable bonds is 6. The van der Waals surface area contributed by atoms with Crippen molar-refractivity contribution in [1.82, 2.24) is 0 Å². The molecule has 0 saturated heterocycles. The fourth-order valence-corrected chi connectivity index (χ4v) is 1.73. The van der Waals surface area contributed by atoms with Crippen molar-refractivity contribution in [2.75, 3.05) is 14.2 Å². The summed E-state index contributed by atoms with van der Waals surface area (Å²) in [5, 5.41) is 9.52. The van der Waals surface area contributed by atoms with Gasteiger partial charge in [0.2, 0.25) is 0 Å². The number of phenolic OH excluding ortho intramolecular Hbond substituents is 1. The molecule has 1 rings (SSSR count). The second kappa shape index (κ2) is 6.15. The molecule has 0 aliphatic carbocycles. The molecule has 4 nitrogen and oxygen atoms in total. The summed E-state index contributed by atoms with van der Waals surface area (Å²) in [4.78, 5) is 0. The third kappa shape index (κ3) is 3.14. The molecule has 0 aromatic heterocycles. The average Bonchev–Trinajstić information content (AvgIpc) is 2.34. The molecule has 0 aliphatic heterocycles. The topological polar surface area (TPSA) is 64.7 Å². The van der Waals surface area contributed by atoms with Crippen LogP contribution in [0.5, 0.6) is 17.2 Å². The maximum atomic E-state index is 9.52. The SMILES string of the molecule is C=CCC[C@@H](N)c1c(OC)cc(O)cc1OC. The van der Waals surface area contributed by atoms with Crippen molar-refractivity contribution in [2.24, 2.45) is 5.73 Å². The van der Waals surface area contributed by atoms with Gasteiger partial charge in [-0.1, -0.05) is 6.08 Å². The third-order valence-corrected chi connectivity index (χ3v) is 2.58. The first-order valence-electron chi connectivity index (χ1n) is 5.45. The Labute approximate surface area is 102 Å². The highest BCUT2D eigenvalue weighted by Gasteiger charge is 2.18. The number of methoxy groups -OCH3 is 2. The lowest BCUT2D eigenvalue weighted by atomic mass is 10.0. The second-order valence-electron chi connectivity index (χ2n) is 3.74. The van der Waals surface area contributed by atoms with Gasteiger partial charge in [-0.2, -0.15) is 0 Å². The first kappa shape index (κ1) is 13.4. The van der Waals surface area contributed by atoms with Gasteiger partial charge < -0.3 is 20.3 Å². The van der Waals surface area contributed by atoms with E-state index in [1.807, 2.05) is 6.08 Å². The molecule has 0 fully saturated rings. The molecule has 0 bridgehead atoms. The van der Waals surface area contributed by atoms with Crippen LogP contribution in [0.1, 0.15) is 24.4 Å². The molecule has 1 aromatic rings. The quantitative estimate of drug-likeness (QED) is 0.745. The molecule has 17 heavy (non-hydrogen) atoms. The number of phenols is 1. The second-order valence-corrected chi connectivity index (χ2v) is 3.74. The van der Waals surface area contributed by atoms with Crippen LogP contribution in [0.25, 0.3) is 0 Å². The van der Waals surface area contributed by atoms with E-state index in [-0.39, 0.29) is 11.8 Å². The number of benzene rings is 1. The largest absolute Gasteiger partial charge is 0.508 e. The molecule has 4 heteroatoms. The molecular formula is C13H19NO3. The van der Waals surface area contributed by atoms with Crippen molar-refractivity contribution in [3.8, 4) is 17.2 Å². The van der Waals surface area contributed by atoms with Gasteiger partial charge in [0.25, 0.3) is 0 Å². The summed E-state index contributed by atoms with van der Waals surface area (Å²) in [5.41, 5.74) is 6.87. The van der Waals surface area contributed by atoms with Crippen LogP contribution in [0.2, 0.25) is 0 Å². The number of nitrogens with two attached hydrogens (primary N) is 1. The van der Waals surface area contributed by atoms with Gasteiger partial charge in [-0.3, -0.25) is 0 Å². The maximum Gasteiger partial charge on any atom is 0.131 e. The van der Waals surface area contributed by atoms with Crippen LogP contribution >= 0.6 is 0 Å². The Morgan fingerprint density at radius 1 is 1.35 bits per heavy atom. The van der Waals surface area contributed by atoms with E-state index < -0.39 is 0 Å². The molecule has 0 saturated carbocycles. The van der Waals surface area contributed by atoms with E-state index in [0.717, 1.165) is 18.4 Å². The maximum absolute atomic E-state index is 9.52. The summed E-state index contributed by atoms with van der Waals surface area (Å²) in [6.45, 7) is 3.67. The van der Waals surface area contributed by atoms with E-state index in [4.69, 9.17) is 15.2 Å². The third-order valence-electron chi connectivity index (χ3n) is 2.58. The summed E-state index contributed by atoms with van der Waals surface area (Å²) >= 11 is 0. The first-order chi connectivity index (χ1) is 8.13. The zero-order valence-electron chi connectivity index (χ0n) is 10.3. The summed E-state index contributed by atoms with van der Waals surface area (Å²) in [6.07, 6.45) is 3.38. The Morgan fingerprint density at radius 2 is 1.88 bits per heavy atom. The Morgan fingerprint density at radius 3 is 2.29 bits per heavy atom. The van der Waals surface area contributed by atoms with E-state index in [1.165, 1.54) is 26.4 Å². The summed E-state index contributed by atoms with van der Waals surface area (Å²) in [6, 6.07) is 2.86. The van der Waals surface area contributed by atoms with Gasteiger partial charge in [-0.15, -0.1) is 6.58 Å². The molecule has 1 aromatic carbocycles. The zero-order valence-corrected chi connectivity index (χ0v) is 10.3. The van der Waals surface area contributed by atoms with Gasteiger partial charge in [0, 0.05) is 18.2 Å². The predicted molar refractivity (Wildman–Crippen MR) is 67.6 cm³/mol. The molecule has 94 valence electrons. The van der Waals surface area contributed by atoms with Gasteiger partial charge in [0.15, 0.2) is 0 Å². The van der Waals surface area contributed by atoms with Crippen molar-refractivity contribution < 1.29 is 14.6 Å². The predicted octanol–water partition coefficient (Wildman–Crippen LogP) is 2.38. The highest BCUT2D eigenvalue weighted by Crippen LogP contribution is 2.38. The number of ether oxygens (including phenoxy) is 2. The lowest BCUT2D eigenvalue weighted by molar-refractivity contribution is 0.369. The minimum absolute atomic E-state index is 0.0957. The molecule has 0 heterocycles. The van der Waals surface area contributed by atoms with Gasteiger partial charge in [0.1, 0.15) is 17.2 Å². The number of hydrogen-bond donors (Lipinski definition) is 2. The molecule has 0 radical (unpaired) electrons. The summed E-state index contributed by atoms with van der Waals surface area (Å²) in [5.74, 6) is 1.18. The van der Waals surface area contributed by atoms with Crippen LogP contribution in [0.3, 0.4) is 0 Å². The number of hydrogen-bond acceptors (Lipinski definition) is 4. The first-order valence-corrected chi connectivity index (χ1v) is 5.45. The van der Waals surface area contributed by atoms with Gasteiger partial charge in [-0.25, -0.2) is 0 Å². The Balaban J connectivity index is 3.13. The highest BCUT2D eigenvalue weighted by atomic mass is 16.5. The Hall–Kier alpha value is -1.68. The normalized spacial score (nSPS) is 11.9. The molecule has 3 N–H and O–H groups in total. The van der Waals surface area contributed by atoms with Crippen LogP contribution in [-0.2, 0) is 0 Å². The lowest BCUT2D eigenvalue weighted by Gasteiger charge is -2.18. The van der Waals surface area contributed by atoms with Crippen molar-refractivity contribution in [3.05, 3.63) is 30.4 Å². The van der Waals surface area contributed by atoms with Crippen LogP contribution < -0.4 is 15.2 Å². The Kier molecular flexibility index (Phi) is 4.84. The fourth-order valence-electron chi connectivity index (χ4n) is 1.73. The minimum atomic E-state index is -0.210. The molecular weight excluding hydrogens is 218 g/mol. The van der Waals surface area contributed by atoms with E-state index in [2.05, 4.69) is 6.58 Å². The van der Waals surface area contributed by atoms with E-state index in [1.54, 1.807) is 0 Å². The van der Waals surface area contributed by atoms with Gasteiger partial charge in [-0.05, 0) is 12.8 Å². The lowest BCUT2D eigenvalue weighted by Crippen LogP contribution is -2.12. The Bertz CT molecular complexity index is 365. The van der Waals surface area contributed by atoms with Crippen LogP contribution in [0, 0.1) is 0 Å². The fraction of sp³-hybridized carbons (Fsp3) is 0.385. The highest BCUT2D eigenvalue weighted by molar-refractivity contribution is 5.51. The van der Waals surface area contributed by atoms with Gasteiger partial charge in [0.05, 0.1) is 19.8 Å². The number of aromatic hydroxyl groups is 1. The van der Waals surface area contributed by atoms with E-state index in [9.17, 15) is 5.11 Å². The van der Waals surface area contributed by atoms with Crippen molar-refractivity contribution in [3.63, 3.8) is 0 Å². The van der Waals surface area contributed by atoms with Crippen molar-refractivity contribution in [1.29, 1.82) is 0 Å². The number of allylic oxidation sites excluding steroid dienone is 1. The molecule has 0 unspecified atom stereocenters. The smallest absolute Gasteiger partial charge is 0.131 e. The zero-order chi connectivity index (χ0) is 12.8.